The summed E-state index contributed by atoms with van der Waals surface area (Å²) in [6.07, 6.45) is 1.45. The van der Waals surface area contributed by atoms with Crippen molar-refractivity contribution < 1.29 is 19.1 Å². The first-order valence-corrected chi connectivity index (χ1v) is 8.92. The summed E-state index contributed by atoms with van der Waals surface area (Å²) in [6.45, 7) is -0.200. The van der Waals surface area contributed by atoms with Crippen LogP contribution in [0.1, 0.15) is 15.9 Å². The standard InChI is InChI=1S/C22H21N3O4/c1-28-17-10-11-20(29-2)16(12-17)13-24-25-21(26)14-23-22(27)19-9-5-7-15-6-3-4-8-18(15)19/h3-13H,14H2,1-2H3,(H,23,27)(H,25,26)/b24-13+. The summed E-state index contributed by atoms with van der Waals surface area (Å²) < 4.78 is 10.4. The highest BCUT2D eigenvalue weighted by atomic mass is 16.5. The number of methoxy groups -OCH3 is 2. The molecular formula is C22H21N3O4. The highest BCUT2D eigenvalue weighted by Gasteiger charge is 2.11. The van der Waals surface area contributed by atoms with E-state index in [2.05, 4.69) is 15.8 Å². The van der Waals surface area contributed by atoms with Gasteiger partial charge in [0.2, 0.25) is 0 Å². The molecule has 0 heterocycles. The van der Waals surface area contributed by atoms with Gasteiger partial charge in [-0.05, 0) is 35.0 Å². The van der Waals surface area contributed by atoms with Crippen LogP contribution in [-0.2, 0) is 4.79 Å². The first-order valence-electron chi connectivity index (χ1n) is 8.92. The fourth-order valence-electron chi connectivity index (χ4n) is 2.83. The van der Waals surface area contributed by atoms with Crippen LogP contribution in [0.15, 0.2) is 65.8 Å². The first kappa shape index (κ1) is 19.9. The zero-order valence-electron chi connectivity index (χ0n) is 16.1. The molecule has 0 aliphatic carbocycles. The van der Waals surface area contributed by atoms with Crippen molar-refractivity contribution in [3.05, 3.63) is 71.8 Å². The van der Waals surface area contributed by atoms with Gasteiger partial charge in [-0.2, -0.15) is 5.10 Å². The minimum absolute atomic E-state index is 0.200. The number of hydrogen-bond donors (Lipinski definition) is 2. The quantitative estimate of drug-likeness (QED) is 0.479. The molecule has 0 atom stereocenters. The molecule has 29 heavy (non-hydrogen) atoms. The van der Waals surface area contributed by atoms with Crippen LogP contribution < -0.4 is 20.2 Å². The minimum atomic E-state index is -0.448. The molecule has 7 nitrogen and oxygen atoms in total. The summed E-state index contributed by atoms with van der Waals surface area (Å²) >= 11 is 0. The molecule has 0 aliphatic rings. The second-order valence-electron chi connectivity index (χ2n) is 6.11. The van der Waals surface area contributed by atoms with Crippen LogP contribution in [0.4, 0.5) is 0 Å². The van der Waals surface area contributed by atoms with E-state index in [0.29, 0.717) is 22.6 Å². The first-order chi connectivity index (χ1) is 14.1. The SMILES string of the molecule is COc1ccc(OC)c(/C=N/NC(=O)CNC(=O)c2cccc3ccccc23)c1. The predicted octanol–water partition coefficient (Wildman–Crippen LogP) is 2.74. The summed E-state index contributed by atoms with van der Waals surface area (Å²) in [5, 5.41) is 8.31. The maximum Gasteiger partial charge on any atom is 0.259 e. The number of carbonyl (C=O) groups excluding carboxylic acids is 2. The predicted molar refractivity (Wildman–Crippen MR) is 112 cm³/mol. The molecule has 0 bridgehead atoms. The smallest absolute Gasteiger partial charge is 0.259 e. The largest absolute Gasteiger partial charge is 0.497 e. The van der Waals surface area contributed by atoms with E-state index in [0.717, 1.165) is 10.8 Å². The van der Waals surface area contributed by atoms with Crippen LogP contribution in [0.25, 0.3) is 10.8 Å². The number of rotatable bonds is 7. The summed E-state index contributed by atoms with van der Waals surface area (Å²) in [5.74, 6) is 0.459. The summed E-state index contributed by atoms with van der Waals surface area (Å²) in [7, 11) is 3.10. The Labute approximate surface area is 168 Å². The van der Waals surface area contributed by atoms with Crippen molar-refractivity contribution >= 4 is 28.8 Å². The third-order valence-corrected chi connectivity index (χ3v) is 4.27. The summed E-state index contributed by atoms with van der Waals surface area (Å²) in [6, 6.07) is 18.3. The number of hydrazone groups is 1. The average Bonchev–Trinajstić information content (AvgIpc) is 2.77. The van der Waals surface area contributed by atoms with Gasteiger partial charge < -0.3 is 14.8 Å². The molecule has 7 heteroatoms. The lowest BCUT2D eigenvalue weighted by Crippen LogP contribution is -2.35. The molecule has 0 radical (unpaired) electrons. The Morgan fingerprint density at radius 1 is 1.00 bits per heavy atom. The highest BCUT2D eigenvalue weighted by molar-refractivity contribution is 6.07. The molecule has 3 aromatic carbocycles. The van der Waals surface area contributed by atoms with Gasteiger partial charge in [-0.3, -0.25) is 9.59 Å². The molecule has 3 aromatic rings. The molecule has 2 amide bonds. The number of amides is 2. The molecule has 2 N–H and O–H groups in total. The van der Waals surface area contributed by atoms with Crippen LogP contribution in [-0.4, -0.2) is 38.8 Å². The molecule has 0 saturated carbocycles. The van der Waals surface area contributed by atoms with Gasteiger partial charge >= 0.3 is 0 Å². The Bertz CT molecular complexity index is 1060. The monoisotopic (exact) mass is 391 g/mol. The van der Waals surface area contributed by atoms with Crippen LogP contribution in [0.3, 0.4) is 0 Å². The molecule has 0 aromatic heterocycles. The van der Waals surface area contributed by atoms with E-state index in [1.54, 1.807) is 38.5 Å². The van der Waals surface area contributed by atoms with E-state index >= 15 is 0 Å². The fraction of sp³-hybridized carbons (Fsp3) is 0.136. The van der Waals surface area contributed by atoms with Crippen molar-refractivity contribution in [3.8, 4) is 11.5 Å². The number of carbonyl (C=O) groups is 2. The van der Waals surface area contributed by atoms with Gasteiger partial charge in [-0.25, -0.2) is 5.43 Å². The number of benzene rings is 3. The van der Waals surface area contributed by atoms with E-state index in [4.69, 9.17) is 9.47 Å². The average molecular weight is 391 g/mol. The minimum Gasteiger partial charge on any atom is -0.497 e. The van der Waals surface area contributed by atoms with Crippen molar-refractivity contribution in [1.82, 2.24) is 10.7 Å². The number of hydrogen-bond acceptors (Lipinski definition) is 5. The number of nitrogens with zero attached hydrogens (tertiary/aromatic N) is 1. The Morgan fingerprint density at radius 3 is 2.59 bits per heavy atom. The van der Waals surface area contributed by atoms with Crippen LogP contribution in [0.2, 0.25) is 0 Å². The number of nitrogens with one attached hydrogen (secondary N) is 2. The topological polar surface area (TPSA) is 89.0 Å². The second-order valence-corrected chi connectivity index (χ2v) is 6.11. The maximum atomic E-state index is 12.5. The molecule has 148 valence electrons. The van der Waals surface area contributed by atoms with Gasteiger partial charge in [-0.1, -0.05) is 36.4 Å². The molecule has 0 unspecified atom stereocenters. The van der Waals surface area contributed by atoms with Crippen molar-refractivity contribution in [2.45, 2.75) is 0 Å². The van der Waals surface area contributed by atoms with Crippen molar-refractivity contribution in [2.24, 2.45) is 5.10 Å². The Hall–Kier alpha value is -3.87. The van der Waals surface area contributed by atoms with Crippen LogP contribution in [0.5, 0.6) is 11.5 Å². The number of fused-ring (bicyclic) bond motifs is 1. The van der Waals surface area contributed by atoms with E-state index in [9.17, 15) is 9.59 Å². The molecular weight excluding hydrogens is 370 g/mol. The summed E-state index contributed by atoms with van der Waals surface area (Å²) in [4.78, 5) is 24.5. The van der Waals surface area contributed by atoms with Gasteiger partial charge in [0, 0.05) is 11.1 Å². The van der Waals surface area contributed by atoms with E-state index in [-0.39, 0.29) is 12.5 Å². The second kappa shape index (κ2) is 9.36. The van der Waals surface area contributed by atoms with Crippen molar-refractivity contribution in [1.29, 1.82) is 0 Å². The van der Waals surface area contributed by atoms with E-state index in [1.807, 2.05) is 36.4 Å². The lowest BCUT2D eigenvalue weighted by Gasteiger charge is -2.08. The highest BCUT2D eigenvalue weighted by Crippen LogP contribution is 2.22. The Balaban J connectivity index is 1.59. The zero-order chi connectivity index (χ0) is 20.6. The normalized spacial score (nSPS) is 10.7. The molecule has 3 rings (SSSR count). The van der Waals surface area contributed by atoms with Crippen LogP contribution in [0, 0.1) is 0 Å². The molecule has 0 saturated heterocycles. The van der Waals surface area contributed by atoms with Gasteiger partial charge in [0.05, 0.1) is 27.0 Å². The number of ether oxygens (including phenoxy) is 2. The fourth-order valence-corrected chi connectivity index (χ4v) is 2.83. The maximum absolute atomic E-state index is 12.5. The van der Waals surface area contributed by atoms with E-state index < -0.39 is 5.91 Å². The van der Waals surface area contributed by atoms with Crippen molar-refractivity contribution in [2.75, 3.05) is 20.8 Å². The van der Waals surface area contributed by atoms with Gasteiger partial charge in [-0.15, -0.1) is 0 Å². The third kappa shape index (κ3) is 4.90. The molecule has 0 spiro atoms. The van der Waals surface area contributed by atoms with Gasteiger partial charge in [0.25, 0.3) is 11.8 Å². The Morgan fingerprint density at radius 2 is 1.79 bits per heavy atom. The van der Waals surface area contributed by atoms with Crippen molar-refractivity contribution in [3.63, 3.8) is 0 Å². The lowest BCUT2D eigenvalue weighted by molar-refractivity contribution is -0.120. The van der Waals surface area contributed by atoms with Crippen LogP contribution >= 0.6 is 0 Å². The van der Waals surface area contributed by atoms with Gasteiger partial charge in [0.1, 0.15) is 11.5 Å². The molecule has 0 aliphatic heterocycles. The zero-order valence-corrected chi connectivity index (χ0v) is 16.1. The molecule has 0 fully saturated rings. The third-order valence-electron chi connectivity index (χ3n) is 4.27. The summed E-state index contributed by atoms with van der Waals surface area (Å²) in [5.41, 5.74) is 3.54. The lowest BCUT2D eigenvalue weighted by atomic mass is 10.0. The Kier molecular flexibility index (Phi) is 6.42. The van der Waals surface area contributed by atoms with Gasteiger partial charge in [0.15, 0.2) is 0 Å². The van der Waals surface area contributed by atoms with E-state index in [1.165, 1.54) is 6.21 Å².